The van der Waals surface area contributed by atoms with Gasteiger partial charge in [-0.05, 0) is 51.4 Å². The molecule has 0 bridgehead atoms. The van der Waals surface area contributed by atoms with E-state index in [1.807, 2.05) is 6.92 Å². The summed E-state index contributed by atoms with van der Waals surface area (Å²) >= 11 is 0. The lowest BCUT2D eigenvalue weighted by Crippen LogP contribution is -2.47. The van der Waals surface area contributed by atoms with Gasteiger partial charge in [0.05, 0.1) is 28.7 Å². The van der Waals surface area contributed by atoms with Crippen molar-refractivity contribution in [2.24, 2.45) is 0 Å². The van der Waals surface area contributed by atoms with Crippen LogP contribution in [0.4, 0.5) is 0 Å². The molecule has 3 saturated carbocycles. The molecular weight excluding hydrogens is 422 g/mol. The Bertz CT molecular complexity index is 1030. The smallest absolute Gasteiger partial charge is 0.359 e. The van der Waals surface area contributed by atoms with Crippen molar-refractivity contribution in [3.8, 4) is 0 Å². The van der Waals surface area contributed by atoms with Crippen LogP contribution in [-0.4, -0.2) is 75.4 Å². The van der Waals surface area contributed by atoms with Crippen LogP contribution in [0.3, 0.4) is 0 Å². The second-order valence-electron chi connectivity index (χ2n) is 9.60. The van der Waals surface area contributed by atoms with Crippen LogP contribution in [0.25, 0.3) is 0 Å². The zero-order valence-electron chi connectivity index (χ0n) is 17.8. The van der Waals surface area contributed by atoms with Crippen molar-refractivity contribution in [2.75, 3.05) is 19.7 Å². The Hall–Kier alpha value is -1.94. The summed E-state index contributed by atoms with van der Waals surface area (Å²) in [5.74, 6) is -0.874. The van der Waals surface area contributed by atoms with Gasteiger partial charge < -0.3 is 14.7 Å². The molecule has 0 atom stereocenters. The van der Waals surface area contributed by atoms with Crippen LogP contribution >= 0.6 is 0 Å². The molecule has 1 N–H and O–H groups in total. The van der Waals surface area contributed by atoms with E-state index in [1.165, 1.54) is 4.68 Å². The highest BCUT2D eigenvalue weighted by atomic mass is 32.2. The Labute approximate surface area is 181 Å². The molecule has 1 amide bonds. The molecule has 1 aromatic rings. The SMILES string of the molecule is CCCOC(=O)c1nn(CC2(O)CC2)c2c1CCN(CC1(S(=O)(=O)C3CC3)CC1)C2=O. The number of fused-ring (bicyclic) bond motifs is 1. The van der Waals surface area contributed by atoms with E-state index in [1.54, 1.807) is 4.90 Å². The zero-order chi connectivity index (χ0) is 22.0. The number of sulfone groups is 1. The maximum atomic E-state index is 13.4. The van der Waals surface area contributed by atoms with Gasteiger partial charge in [0, 0.05) is 18.7 Å². The number of aromatic nitrogens is 2. The van der Waals surface area contributed by atoms with Crippen molar-refractivity contribution in [3.63, 3.8) is 0 Å². The molecular formula is C21H29N3O6S. The quantitative estimate of drug-likeness (QED) is 0.558. The second-order valence-corrected chi connectivity index (χ2v) is 12.2. The maximum absolute atomic E-state index is 13.4. The van der Waals surface area contributed by atoms with Crippen molar-refractivity contribution in [1.29, 1.82) is 0 Å². The zero-order valence-corrected chi connectivity index (χ0v) is 18.6. The Morgan fingerprint density at radius 1 is 1.23 bits per heavy atom. The number of hydrogen-bond acceptors (Lipinski definition) is 7. The molecule has 0 spiro atoms. The van der Waals surface area contributed by atoms with Crippen molar-refractivity contribution < 1.29 is 27.9 Å². The molecule has 10 heteroatoms. The summed E-state index contributed by atoms with van der Waals surface area (Å²) in [7, 11) is -3.23. The second kappa shape index (κ2) is 7.03. The number of carbonyl (C=O) groups excluding carboxylic acids is 2. The third kappa shape index (κ3) is 3.57. The van der Waals surface area contributed by atoms with E-state index in [9.17, 15) is 23.1 Å². The van der Waals surface area contributed by atoms with Crippen LogP contribution in [0.1, 0.15) is 78.4 Å². The van der Waals surface area contributed by atoms with Gasteiger partial charge in [-0.3, -0.25) is 9.48 Å². The molecule has 4 aliphatic rings. The van der Waals surface area contributed by atoms with Crippen molar-refractivity contribution in [3.05, 3.63) is 17.0 Å². The minimum absolute atomic E-state index is 0.132. The van der Waals surface area contributed by atoms with Gasteiger partial charge in [0.25, 0.3) is 5.91 Å². The first-order chi connectivity index (χ1) is 14.7. The molecule has 170 valence electrons. The molecule has 0 unspecified atom stereocenters. The fourth-order valence-corrected chi connectivity index (χ4v) is 6.97. The molecule has 3 fully saturated rings. The fourth-order valence-electron chi connectivity index (χ4n) is 4.50. The number of rotatable bonds is 9. The predicted octanol–water partition coefficient (Wildman–Crippen LogP) is 1.08. The number of nitrogens with zero attached hydrogens (tertiary/aromatic N) is 3. The highest BCUT2D eigenvalue weighted by molar-refractivity contribution is 7.94. The normalized spacial score (nSPS) is 23.4. The van der Waals surface area contributed by atoms with Gasteiger partial charge in [-0.1, -0.05) is 6.92 Å². The van der Waals surface area contributed by atoms with Crippen LogP contribution < -0.4 is 0 Å². The largest absolute Gasteiger partial charge is 0.461 e. The van der Waals surface area contributed by atoms with Gasteiger partial charge >= 0.3 is 5.97 Å². The summed E-state index contributed by atoms with van der Waals surface area (Å²) in [5, 5.41) is 14.5. The van der Waals surface area contributed by atoms with E-state index in [4.69, 9.17) is 4.74 Å². The van der Waals surface area contributed by atoms with E-state index in [2.05, 4.69) is 5.10 Å². The third-order valence-corrected chi connectivity index (χ3v) is 10.0. The molecule has 0 saturated heterocycles. The summed E-state index contributed by atoms with van der Waals surface area (Å²) in [6.45, 7) is 2.84. The van der Waals surface area contributed by atoms with Crippen LogP contribution in [0.5, 0.6) is 0 Å². The average molecular weight is 452 g/mol. The molecule has 1 aliphatic heterocycles. The number of ether oxygens (including phenoxy) is 1. The van der Waals surface area contributed by atoms with E-state index >= 15 is 0 Å². The van der Waals surface area contributed by atoms with Crippen LogP contribution in [0.15, 0.2) is 0 Å². The summed E-state index contributed by atoms with van der Waals surface area (Å²) in [6.07, 6.45) is 4.96. The number of hydrogen-bond donors (Lipinski definition) is 1. The minimum Gasteiger partial charge on any atom is -0.461 e. The van der Waals surface area contributed by atoms with Gasteiger partial charge in [-0.15, -0.1) is 0 Å². The Morgan fingerprint density at radius 3 is 2.52 bits per heavy atom. The summed E-state index contributed by atoms with van der Waals surface area (Å²) < 4.78 is 31.7. The number of amides is 1. The van der Waals surface area contributed by atoms with Gasteiger partial charge in [0.1, 0.15) is 5.69 Å². The van der Waals surface area contributed by atoms with Gasteiger partial charge in [-0.2, -0.15) is 5.10 Å². The number of esters is 1. The van der Waals surface area contributed by atoms with Crippen LogP contribution in [-0.2, 0) is 27.5 Å². The molecule has 0 aromatic carbocycles. The van der Waals surface area contributed by atoms with Gasteiger partial charge in [-0.25, -0.2) is 13.2 Å². The summed E-state index contributed by atoms with van der Waals surface area (Å²) in [6, 6.07) is 0. The van der Waals surface area contributed by atoms with Gasteiger partial charge in [0.15, 0.2) is 15.5 Å². The first-order valence-corrected chi connectivity index (χ1v) is 12.8. The Kier molecular flexibility index (Phi) is 4.75. The van der Waals surface area contributed by atoms with E-state index in [0.717, 1.165) is 12.8 Å². The van der Waals surface area contributed by atoms with Gasteiger partial charge in [0.2, 0.25) is 0 Å². The molecule has 2 heterocycles. The molecule has 31 heavy (non-hydrogen) atoms. The summed E-state index contributed by atoms with van der Waals surface area (Å²) in [5.41, 5.74) is 0.0588. The molecule has 5 rings (SSSR count). The highest BCUT2D eigenvalue weighted by Crippen LogP contribution is 2.51. The maximum Gasteiger partial charge on any atom is 0.359 e. The predicted molar refractivity (Wildman–Crippen MR) is 110 cm³/mol. The van der Waals surface area contributed by atoms with Crippen molar-refractivity contribution in [1.82, 2.24) is 14.7 Å². The molecule has 1 aromatic heterocycles. The lowest BCUT2D eigenvalue weighted by Gasteiger charge is -2.31. The average Bonchev–Trinajstić information content (AvgIpc) is 3.59. The lowest BCUT2D eigenvalue weighted by atomic mass is 10.0. The van der Waals surface area contributed by atoms with Crippen molar-refractivity contribution >= 4 is 21.7 Å². The first kappa shape index (κ1) is 20.9. The standard InChI is InChI=1S/C21H29N3O6S/c1-2-11-30-19(26)16-15-5-10-23(13-21(8-9-21)31(28,29)14-3-4-14)18(25)17(15)24(22-16)12-20(27)6-7-20/h14,27H,2-13H2,1H3. The monoisotopic (exact) mass is 451 g/mol. The van der Waals surface area contributed by atoms with Crippen molar-refractivity contribution in [2.45, 2.75) is 80.4 Å². The topological polar surface area (TPSA) is 119 Å². The number of aliphatic hydroxyl groups is 1. The Morgan fingerprint density at radius 2 is 1.94 bits per heavy atom. The number of carbonyl (C=O) groups is 2. The molecule has 3 aliphatic carbocycles. The van der Waals surface area contributed by atoms with Crippen LogP contribution in [0, 0.1) is 0 Å². The van der Waals surface area contributed by atoms with Crippen LogP contribution in [0.2, 0.25) is 0 Å². The van der Waals surface area contributed by atoms with E-state index in [-0.39, 0.29) is 42.2 Å². The minimum atomic E-state index is -3.23. The third-order valence-electron chi connectivity index (χ3n) is 6.93. The Balaban J connectivity index is 1.43. The lowest BCUT2D eigenvalue weighted by molar-refractivity contribution is 0.0494. The fraction of sp³-hybridized carbons (Fsp3) is 0.762. The van der Waals surface area contributed by atoms with E-state index in [0.29, 0.717) is 50.6 Å². The first-order valence-electron chi connectivity index (χ1n) is 11.2. The molecule has 0 radical (unpaired) electrons. The van der Waals surface area contributed by atoms with E-state index < -0.39 is 26.2 Å². The summed E-state index contributed by atoms with van der Waals surface area (Å²) in [4.78, 5) is 27.6. The highest BCUT2D eigenvalue weighted by Gasteiger charge is 2.60. The molecule has 9 nitrogen and oxygen atoms in total.